The van der Waals surface area contributed by atoms with E-state index in [4.69, 9.17) is 4.74 Å². The summed E-state index contributed by atoms with van der Waals surface area (Å²) >= 11 is 0. The van der Waals surface area contributed by atoms with Crippen LogP contribution in [0, 0.1) is 0 Å². The molecule has 0 aliphatic heterocycles. The molecule has 0 aromatic carbocycles. The molecule has 1 saturated carbocycles. The molecule has 0 atom stereocenters. The van der Waals surface area contributed by atoms with Gasteiger partial charge in [-0.1, -0.05) is 64.7 Å². The van der Waals surface area contributed by atoms with Crippen LogP contribution in [0.15, 0.2) is 0 Å². The first-order chi connectivity index (χ1) is 9.72. The fourth-order valence-corrected chi connectivity index (χ4v) is 3.43. The van der Waals surface area contributed by atoms with Crippen LogP contribution in [0.4, 0.5) is 0 Å². The molecule has 3 nitrogen and oxygen atoms in total. The molecule has 1 fully saturated rings. The maximum atomic E-state index is 11.8. The van der Waals surface area contributed by atoms with Crippen molar-refractivity contribution >= 4 is 5.97 Å². The third-order valence-corrected chi connectivity index (χ3v) is 4.57. The molecule has 0 saturated heterocycles. The van der Waals surface area contributed by atoms with E-state index in [1.54, 1.807) is 0 Å². The monoisotopic (exact) mass is 283 g/mol. The van der Waals surface area contributed by atoms with Gasteiger partial charge in [0.25, 0.3) is 0 Å². The van der Waals surface area contributed by atoms with E-state index >= 15 is 0 Å². The highest BCUT2D eigenvalue weighted by molar-refractivity contribution is 5.70. The van der Waals surface area contributed by atoms with E-state index in [0.717, 1.165) is 19.4 Å². The lowest BCUT2D eigenvalue weighted by Gasteiger charge is -2.34. The Morgan fingerprint density at radius 1 is 0.950 bits per heavy atom. The second-order valence-corrected chi connectivity index (χ2v) is 6.25. The molecule has 3 heteroatoms. The zero-order valence-electron chi connectivity index (χ0n) is 13.5. The van der Waals surface area contributed by atoms with Crippen LogP contribution in [0.25, 0.3) is 0 Å². The fourth-order valence-electron chi connectivity index (χ4n) is 3.43. The van der Waals surface area contributed by atoms with Crippen molar-refractivity contribution in [2.45, 2.75) is 89.5 Å². The lowest BCUT2D eigenvalue weighted by Crippen LogP contribution is -2.47. The molecule has 1 aliphatic rings. The molecule has 1 N–H and O–H groups in total. The van der Waals surface area contributed by atoms with E-state index in [-0.39, 0.29) is 11.5 Å². The van der Waals surface area contributed by atoms with E-state index in [1.165, 1.54) is 64.9 Å². The van der Waals surface area contributed by atoms with Gasteiger partial charge in [-0.3, -0.25) is 4.79 Å². The Balaban J connectivity index is 2.63. The van der Waals surface area contributed by atoms with E-state index in [9.17, 15) is 4.79 Å². The van der Waals surface area contributed by atoms with Gasteiger partial charge < -0.3 is 10.1 Å². The average Bonchev–Trinajstić information content (AvgIpc) is 2.43. The molecule has 0 aromatic rings. The molecule has 1 aliphatic carbocycles. The Morgan fingerprint density at radius 3 is 1.80 bits per heavy atom. The maximum absolute atomic E-state index is 11.8. The van der Waals surface area contributed by atoms with Crippen LogP contribution in [0.5, 0.6) is 0 Å². The lowest BCUT2D eigenvalue weighted by atomic mass is 9.82. The summed E-state index contributed by atoms with van der Waals surface area (Å²) in [6, 6.07) is 0. The fraction of sp³-hybridized carbons (Fsp3) is 0.941. The Hall–Kier alpha value is -0.570. The second kappa shape index (κ2) is 10.2. The summed E-state index contributed by atoms with van der Waals surface area (Å²) < 4.78 is 4.92. The van der Waals surface area contributed by atoms with Gasteiger partial charge in [-0.2, -0.15) is 0 Å². The molecular formula is C17H33NO2. The summed E-state index contributed by atoms with van der Waals surface area (Å²) in [5.74, 6) is -0.0713. The van der Waals surface area contributed by atoms with Crippen molar-refractivity contribution in [3.63, 3.8) is 0 Å². The minimum absolute atomic E-state index is 0.0267. The molecule has 1 rings (SSSR count). The maximum Gasteiger partial charge on any atom is 0.307 e. The van der Waals surface area contributed by atoms with Gasteiger partial charge >= 0.3 is 5.97 Å². The molecule has 0 amide bonds. The Kier molecular flexibility index (Phi) is 8.92. The molecule has 0 radical (unpaired) electrons. The summed E-state index contributed by atoms with van der Waals surface area (Å²) in [5.41, 5.74) is -0.0267. The summed E-state index contributed by atoms with van der Waals surface area (Å²) in [6.45, 7) is 3.06. The minimum atomic E-state index is -0.0713. The van der Waals surface area contributed by atoms with Crippen molar-refractivity contribution < 1.29 is 9.53 Å². The quantitative estimate of drug-likeness (QED) is 0.786. The first-order valence-electron chi connectivity index (χ1n) is 8.54. The molecule has 20 heavy (non-hydrogen) atoms. The van der Waals surface area contributed by atoms with Crippen LogP contribution in [-0.4, -0.2) is 25.2 Å². The molecule has 0 spiro atoms. The number of rotatable bonds is 4. The number of ether oxygens (including phenoxy) is 1. The molecule has 0 heterocycles. The highest BCUT2D eigenvalue weighted by Crippen LogP contribution is 2.28. The van der Waals surface area contributed by atoms with Gasteiger partial charge in [0, 0.05) is 5.54 Å². The predicted molar refractivity (Wildman–Crippen MR) is 83.8 cm³/mol. The van der Waals surface area contributed by atoms with Crippen LogP contribution in [-0.2, 0) is 9.53 Å². The van der Waals surface area contributed by atoms with Gasteiger partial charge in [0.1, 0.15) is 0 Å². The lowest BCUT2D eigenvalue weighted by molar-refractivity contribution is -0.142. The predicted octanol–water partition coefficient (Wildman–Crippen LogP) is 4.20. The summed E-state index contributed by atoms with van der Waals surface area (Å²) in [6.07, 6.45) is 14.7. The number of hydrogen-bond acceptors (Lipinski definition) is 3. The molecular weight excluding hydrogens is 250 g/mol. The minimum Gasteiger partial charge on any atom is -0.469 e. The van der Waals surface area contributed by atoms with Crippen LogP contribution >= 0.6 is 0 Å². The van der Waals surface area contributed by atoms with Gasteiger partial charge in [-0.25, -0.2) is 0 Å². The average molecular weight is 283 g/mol. The highest BCUT2D eigenvalue weighted by atomic mass is 16.5. The number of hydrogen-bond donors (Lipinski definition) is 1. The van der Waals surface area contributed by atoms with E-state index in [1.807, 2.05) is 0 Å². The van der Waals surface area contributed by atoms with Crippen molar-refractivity contribution in [2.75, 3.05) is 13.7 Å². The van der Waals surface area contributed by atoms with Crippen LogP contribution in [0.3, 0.4) is 0 Å². The second-order valence-electron chi connectivity index (χ2n) is 6.25. The van der Waals surface area contributed by atoms with Crippen molar-refractivity contribution in [2.24, 2.45) is 0 Å². The third kappa shape index (κ3) is 6.74. The number of nitrogens with one attached hydrogen (secondary N) is 1. The van der Waals surface area contributed by atoms with Crippen molar-refractivity contribution in [3.8, 4) is 0 Å². The number of carbonyl (C=O) groups excluding carboxylic acids is 1. The zero-order chi connectivity index (χ0) is 14.7. The van der Waals surface area contributed by atoms with E-state index in [2.05, 4.69) is 12.2 Å². The number of carbonyl (C=O) groups is 1. The van der Waals surface area contributed by atoms with E-state index in [0.29, 0.717) is 6.42 Å². The molecule has 0 aromatic heterocycles. The van der Waals surface area contributed by atoms with Gasteiger partial charge in [0.15, 0.2) is 0 Å². The zero-order valence-corrected chi connectivity index (χ0v) is 13.5. The van der Waals surface area contributed by atoms with Crippen LogP contribution in [0.1, 0.15) is 84.0 Å². The van der Waals surface area contributed by atoms with Gasteiger partial charge in [-0.15, -0.1) is 0 Å². The first kappa shape index (κ1) is 17.5. The van der Waals surface area contributed by atoms with Crippen molar-refractivity contribution in [1.29, 1.82) is 0 Å². The van der Waals surface area contributed by atoms with E-state index < -0.39 is 0 Å². The van der Waals surface area contributed by atoms with Crippen molar-refractivity contribution in [1.82, 2.24) is 5.32 Å². The van der Waals surface area contributed by atoms with Crippen LogP contribution in [0.2, 0.25) is 0 Å². The Bertz CT molecular complexity index is 254. The Labute approximate surface area is 124 Å². The number of esters is 1. The SMILES string of the molecule is CCNC1(CC(=O)OC)CCCCCCCCCCC1. The van der Waals surface area contributed by atoms with Crippen LogP contribution < -0.4 is 5.32 Å². The van der Waals surface area contributed by atoms with Gasteiger partial charge in [0.05, 0.1) is 13.5 Å². The molecule has 0 unspecified atom stereocenters. The summed E-state index contributed by atoms with van der Waals surface area (Å²) in [4.78, 5) is 11.8. The Morgan fingerprint density at radius 2 is 1.40 bits per heavy atom. The number of methoxy groups -OCH3 is 1. The normalized spacial score (nSPS) is 21.5. The molecule has 118 valence electrons. The molecule has 0 bridgehead atoms. The van der Waals surface area contributed by atoms with Gasteiger partial charge in [0.2, 0.25) is 0 Å². The smallest absolute Gasteiger partial charge is 0.307 e. The van der Waals surface area contributed by atoms with Crippen molar-refractivity contribution in [3.05, 3.63) is 0 Å². The summed E-state index contributed by atoms with van der Waals surface area (Å²) in [7, 11) is 1.50. The van der Waals surface area contributed by atoms with Gasteiger partial charge in [-0.05, 0) is 19.4 Å². The highest BCUT2D eigenvalue weighted by Gasteiger charge is 2.31. The summed E-state index contributed by atoms with van der Waals surface area (Å²) in [5, 5.41) is 3.61. The third-order valence-electron chi connectivity index (χ3n) is 4.57. The topological polar surface area (TPSA) is 38.3 Å². The largest absolute Gasteiger partial charge is 0.469 e. The standard InChI is InChI=1S/C17H33NO2/c1-3-18-17(15-16(19)20-2)13-11-9-7-5-4-6-8-10-12-14-17/h18H,3-15H2,1-2H3. The first-order valence-corrected chi connectivity index (χ1v) is 8.54.